The third-order valence-corrected chi connectivity index (χ3v) is 2.50. The Kier molecular flexibility index (Phi) is 4.24. The highest BCUT2D eigenvalue weighted by Crippen LogP contribution is 2.12. The van der Waals surface area contributed by atoms with Crippen LogP contribution >= 0.6 is 12.2 Å². The van der Waals surface area contributed by atoms with E-state index in [9.17, 15) is 0 Å². The first-order valence-corrected chi connectivity index (χ1v) is 5.43. The summed E-state index contributed by atoms with van der Waals surface area (Å²) in [6, 6.07) is 6.50. The molecule has 0 aromatic heterocycles. The monoisotopic (exact) mass is 222 g/mol. The van der Waals surface area contributed by atoms with Crippen LogP contribution in [0.4, 0.5) is 0 Å². The van der Waals surface area contributed by atoms with Crippen molar-refractivity contribution in [2.24, 2.45) is 5.73 Å². The van der Waals surface area contributed by atoms with E-state index < -0.39 is 0 Å². The highest BCUT2D eigenvalue weighted by Gasteiger charge is 2.04. The number of hydrogen-bond acceptors (Lipinski definition) is 2. The van der Waals surface area contributed by atoms with Gasteiger partial charge in [-0.1, -0.05) is 36.0 Å². The molecule has 0 saturated heterocycles. The maximum absolute atomic E-state index is 5.50. The average molecular weight is 222 g/mol. The van der Waals surface area contributed by atoms with E-state index >= 15 is 0 Å². The van der Waals surface area contributed by atoms with Crippen LogP contribution in [-0.2, 0) is 6.54 Å². The zero-order valence-electron chi connectivity index (χ0n) is 9.58. The molecule has 0 fully saturated rings. The third kappa shape index (κ3) is 3.98. The number of rotatable bonds is 4. The van der Waals surface area contributed by atoms with Gasteiger partial charge in [-0.05, 0) is 32.0 Å². The second kappa shape index (κ2) is 5.24. The van der Waals surface area contributed by atoms with Gasteiger partial charge in [0.1, 0.15) is 0 Å². The van der Waals surface area contributed by atoms with Gasteiger partial charge in [-0.25, -0.2) is 0 Å². The first-order chi connectivity index (χ1) is 6.99. The van der Waals surface area contributed by atoms with Crippen molar-refractivity contribution in [1.29, 1.82) is 0 Å². The lowest BCUT2D eigenvalue weighted by atomic mass is 10.1. The standard InChI is InChI=1S/C12H18N2S/c1-9-4-5-10(2)11(6-9)7-14(3)8-12(13)15/h4-6H,7-8H2,1-3H3,(H2,13,15). The summed E-state index contributed by atoms with van der Waals surface area (Å²) in [5, 5.41) is 0. The molecule has 2 N–H and O–H groups in total. The summed E-state index contributed by atoms with van der Waals surface area (Å²) in [4.78, 5) is 2.67. The number of hydrogen-bond donors (Lipinski definition) is 1. The zero-order chi connectivity index (χ0) is 11.4. The predicted octanol–water partition coefficient (Wildman–Crippen LogP) is 2.02. The quantitative estimate of drug-likeness (QED) is 0.790. The van der Waals surface area contributed by atoms with Crippen LogP contribution in [0.5, 0.6) is 0 Å². The van der Waals surface area contributed by atoms with Crippen LogP contribution < -0.4 is 5.73 Å². The van der Waals surface area contributed by atoms with Gasteiger partial charge in [0.2, 0.25) is 0 Å². The average Bonchev–Trinajstić information content (AvgIpc) is 2.10. The van der Waals surface area contributed by atoms with E-state index in [1.54, 1.807) is 0 Å². The smallest absolute Gasteiger partial charge is 0.0870 e. The summed E-state index contributed by atoms with van der Waals surface area (Å²) < 4.78 is 0. The number of nitrogens with two attached hydrogens (primary N) is 1. The minimum Gasteiger partial charge on any atom is -0.392 e. The van der Waals surface area contributed by atoms with Gasteiger partial charge in [-0.15, -0.1) is 0 Å². The maximum atomic E-state index is 5.50. The molecular weight excluding hydrogens is 204 g/mol. The van der Waals surface area contributed by atoms with Crippen molar-refractivity contribution in [3.63, 3.8) is 0 Å². The van der Waals surface area contributed by atoms with Gasteiger partial charge >= 0.3 is 0 Å². The first kappa shape index (κ1) is 12.1. The van der Waals surface area contributed by atoms with E-state index in [0.29, 0.717) is 11.5 Å². The highest BCUT2D eigenvalue weighted by atomic mass is 32.1. The normalized spacial score (nSPS) is 10.7. The summed E-state index contributed by atoms with van der Waals surface area (Å²) >= 11 is 4.88. The Morgan fingerprint density at radius 1 is 1.40 bits per heavy atom. The highest BCUT2D eigenvalue weighted by molar-refractivity contribution is 7.80. The Morgan fingerprint density at radius 2 is 2.07 bits per heavy atom. The summed E-state index contributed by atoms with van der Waals surface area (Å²) in [6.45, 7) is 5.80. The topological polar surface area (TPSA) is 29.3 Å². The molecule has 0 bridgehead atoms. The van der Waals surface area contributed by atoms with Crippen LogP contribution in [0.15, 0.2) is 18.2 Å². The molecule has 0 saturated carbocycles. The molecule has 0 aliphatic carbocycles. The molecule has 82 valence electrons. The van der Waals surface area contributed by atoms with Crippen LogP contribution in [0.1, 0.15) is 16.7 Å². The number of benzene rings is 1. The molecule has 0 aliphatic rings. The number of nitrogens with zero attached hydrogens (tertiary/aromatic N) is 1. The van der Waals surface area contributed by atoms with E-state index in [-0.39, 0.29) is 0 Å². The Bertz CT molecular complexity index is 361. The van der Waals surface area contributed by atoms with E-state index in [0.717, 1.165) is 6.54 Å². The Labute approximate surface area is 97.1 Å². The van der Waals surface area contributed by atoms with E-state index in [4.69, 9.17) is 18.0 Å². The molecule has 3 heteroatoms. The van der Waals surface area contributed by atoms with Gasteiger partial charge in [0, 0.05) is 13.1 Å². The number of likely N-dealkylation sites (N-methyl/N-ethyl adjacent to an activating group) is 1. The second-order valence-corrected chi connectivity index (χ2v) is 4.59. The molecule has 1 aromatic carbocycles. The van der Waals surface area contributed by atoms with Crippen LogP contribution in [-0.4, -0.2) is 23.5 Å². The summed E-state index contributed by atoms with van der Waals surface area (Å²) in [5.41, 5.74) is 9.45. The molecule has 1 rings (SSSR count). The zero-order valence-corrected chi connectivity index (χ0v) is 10.4. The fraction of sp³-hybridized carbons (Fsp3) is 0.417. The maximum Gasteiger partial charge on any atom is 0.0870 e. The molecule has 1 aromatic rings. The lowest BCUT2D eigenvalue weighted by Crippen LogP contribution is -2.29. The molecule has 0 aliphatic heterocycles. The van der Waals surface area contributed by atoms with Gasteiger partial charge < -0.3 is 5.73 Å². The lowest BCUT2D eigenvalue weighted by molar-refractivity contribution is 0.374. The van der Waals surface area contributed by atoms with Gasteiger partial charge in [0.05, 0.1) is 4.99 Å². The predicted molar refractivity (Wildman–Crippen MR) is 69.0 cm³/mol. The molecule has 0 amide bonds. The third-order valence-electron chi connectivity index (χ3n) is 2.37. The van der Waals surface area contributed by atoms with Crippen LogP contribution in [0.2, 0.25) is 0 Å². The van der Waals surface area contributed by atoms with Crippen LogP contribution in [0.3, 0.4) is 0 Å². The SMILES string of the molecule is Cc1ccc(C)c(CN(C)CC(N)=S)c1. The molecule has 0 atom stereocenters. The van der Waals surface area contributed by atoms with Crippen LogP contribution in [0, 0.1) is 13.8 Å². The fourth-order valence-corrected chi connectivity index (χ4v) is 1.80. The Morgan fingerprint density at radius 3 is 2.67 bits per heavy atom. The van der Waals surface area contributed by atoms with E-state index in [1.165, 1.54) is 16.7 Å². The second-order valence-electron chi connectivity index (χ2n) is 4.07. The van der Waals surface area contributed by atoms with Gasteiger partial charge in [0.15, 0.2) is 0 Å². The van der Waals surface area contributed by atoms with Crippen molar-refractivity contribution >= 4 is 17.2 Å². The van der Waals surface area contributed by atoms with Crippen LogP contribution in [0.25, 0.3) is 0 Å². The van der Waals surface area contributed by atoms with Gasteiger partial charge in [-0.2, -0.15) is 0 Å². The lowest BCUT2D eigenvalue weighted by Gasteiger charge is -2.17. The van der Waals surface area contributed by atoms with Crippen molar-refractivity contribution in [2.75, 3.05) is 13.6 Å². The van der Waals surface area contributed by atoms with Gasteiger partial charge in [0.25, 0.3) is 0 Å². The van der Waals surface area contributed by atoms with Crippen molar-refractivity contribution in [3.05, 3.63) is 34.9 Å². The number of thiocarbonyl (C=S) groups is 1. The molecule has 0 radical (unpaired) electrons. The van der Waals surface area contributed by atoms with E-state index in [1.807, 2.05) is 7.05 Å². The molecule has 2 nitrogen and oxygen atoms in total. The van der Waals surface area contributed by atoms with Gasteiger partial charge in [-0.3, -0.25) is 4.90 Å². The summed E-state index contributed by atoms with van der Waals surface area (Å²) in [7, 11) is 2.03. The summed E-state index contributed by atoms with van der Waals surface area (Å²) in [5.74, 6) is 0. The molecular formula is C12H18N2S. The van der Waals surface area contributed by atoms with Crippen molar-refractivity contribution in [3.8, 4) is 0 Å². The Hall–Kier alpha value is -0.930. The molecule has 0 unspecified atom stereocenters. The molecule has 15 heavy (non-hydrogen) atoms. The van der Waals surface area contributed by atoms with Crippen molar-refractivity contribution in [1.82, 2.24) is 4.90 Å². The Balaban J connectivity index is 2.71. The molecule has 0 heterocycles. The van der Waals surface area contributed by atoms with Crippen molar-refractivity contribution < 1.29 is 0 Å². The van der Waals surface area contributed by atoms with E-state index in [2.05, 4.69) is 36.9 Å². The largest absolute Gasteiger partial charge is 0.392 e. The van der Waals surface area contributed by atoms with Crippen molar-refractivity contribution in [2.45, 2.75) is 20.4 Å². The fourth-order valence-electron chi connectivity index (χ4n) is 1.58. The summed E-state index contributed by atoms with van der Waals surface area (Å²) in [6.07, 6.45) is 0. The molecule has 0 spiro atoms. The number of aryl methyl sites for hydroxylation is 2. The minimum absolute atomic E-state index is 0.544. The minimum atomic E-state index is 0.544. The first-order valence-electron chi connectivity index (χ1n) is 5.02.